The van der Waals surface area contributed by atoms with Crippen molar-refractivity contribution in [3.05, 3.63) is 59.7 Å². The van der Waals surface area contributed by atoms with E-state index >= 15 is 0 Å². The molecule has 2 N–H and O–H groups in total. The molecule has 0 spiro atoms. The molecule has 0 aliphatic heterocycles. The van der Waals surface area contributed by atoms with Gasteiger partial charge in [-0.2, -0.15) is 0 Å². The molecule has 0 aliphatic rings. The SMILES string of the molecule is COc1ccc(CN(C)Cc2ccccc2)c(N)c1. The smallest absolute Gasteiger partial charge is 0.120 e. The third kappa shape index (κ3) is 3.73. The Morgan fingerprint density at radius 1 is 1.05 bits per heavy atom. The van der Waals surface area contributed by atoms with Crippen LogP contribution in [0.4, 0.5) is 5.69 Å². The summed E-state index contributed by atoms with van der Waals surface area (Å²) in [6.45, 7) is 1.73. The van der Waals surface area contributed by atoms with E-state index < -0.39 is 0 Å². The fourth-order valence-corrected chi connectivity index (χ4v) is 2.09. The van der Waals surface area contributed by atoms with Crippen LogP contribution in [0.2, 0.25) is 0 Å². The number of nitrogens with two attached hydrogens (primary N) is 1. The third-order valence-electron chi connectivity index (χ3n) is 3.09. The van der Waals surface area contributed by atoms with Gasteiger partial charge in [-0.1, -0.05) is 36.4 Å². The fraction of sp³-hybridized carbons (Fsp3) is 0.250. The van der Waals surface area contributed by atoms with Gasteiger partial charge >= 0.3 is 0 Å². The second kappa shape index (κ2) is 6.25. The van der Waals surface area contributed by atoms with Crippen molar-refractivity contribution in [3.63, 3.8) is 0 Å². The molecule has 100 valence electrons. The average molecular weight is 256 g/mol. The quantitative estimate of drug-likeness (QED) is 0.836. The fourth-order valence-electron chi connectivity index (χ4n) is 2.09. The lowest BCUT2D eigenvalue weighted by Crippen LogP contribution is -2.18. The molecular weight excluding hydrogens is 236 g/mol. The highest BCUT2D eigenvalue weighted by atomic mass is 16.5. The van der Waals surface area contributed by atoms with E-state index in [9.17, 15) is 0 Å². The summed E-state index contributed by atoms with van der Waals surface area (Å²) < 4.78 is 5.16. The maximum atomic E-state index is 6.03. The molecule has 0 heterocycles. The third-order valence-corrected chi connectivity index (χ3v) is 3.09. The highest BCUT2D eigenvalue weighted by Gasteiger charge is 2.05. The van der Waals surface area contributed by atoms with Gasteiger partial charge in [0.2, 0.25) is 0 Å². The van der Waals surface area contributed by atoms with Crippen molar-refractivity contribution < 1.29 is 4.74 Å². The summed E-state index contributed by atoms with van der Waals surface area (Å²) >= 11 is 0. The first-order valence-corrected chi connectivity index (χ1v) is 6.34. The lowest BCUT2D eigenvalue weighted by molar-refractivity contribution is 0.319. The maximum absolute atomic E-state index is 6.03. The van der Waals surface area contributed by atoms with Gasteiger partial charge in [-0.15, -0.1) is 0 Å². The van der Waals surface area contributed by atoms with Crippen molar-refractivity contribution in [1.82, 2.24) is 4.90 Å². The molecule has 2 aromatic carbocycles. The van der Waals surface area contributed by atoms with Crippen LogP contribution in [-0.2, 0) is 13.1 Å². The van der Waals surface area contributed by atoms with Crippen LogP contribution in [0.15, 0.2) is 48.5 Å². The Kier molecular flexibility index (Phi) is 4.42. The van der Waals surface area contributed by atoms with Gasteiger partial charge in [-0.05, 0) is 24.2 Å². The minimum atomic E-state index is 0.777. The van der Waals surface area contributed by atoms with Gasteiger partial charge in [0.1, 0.15) is 5.75 Å². The van der Waals surface area contributed by atoms with Crippen LogP contribution in [0.25, 0.3) is 0 Å². The van der Waals surface area contributed by atoms with E-state index in [2.05, 4.69) is 36.2 Å². The highest BCUT2D eigenvalue weighted by molar-refractivity contribution is 5.51. The van der Waals surface area contributed by atoms with E-state index in [0.29, 0.717) is 0 Å². The molecule has 0 atom stereocenters. The number of anilines is 1. The summed E-state index contributed by atoms with van der Waals surface area (Å²) in [4.78, 5) is 2.24. The molecule has 0 unspecified atom stereocenters. The summed E-state index contributed by atoms with van der Waals surface area (Å²) in [5, 5.41) is 0. The van der Waals surface area contributed by atoms with Crippen LogP contribution in [0.5, 0.6) is 5.75 Å². The zero-order valence-corrected chi connectivity index (χ0v) is 11.5. The van der Waals surface area contributed by atoms with Gasteiger partial charge < -0.3 is 10.5 Å². The predicted octanol–water partition coefficient (Wildman–Crippen LogP) is 2.91. The number of ether oxygens (including phenoxy) is 1. The maximum Gasteiger partial charge on any atom is 0.120 e. The van der Waals surface area contributed by atoms with Crippen LogP contribution in [0, 0.1) is 0 Å². The molecular formula is C16H20N2O. The minimum Gasteiger partial charge on any atom is -0.497 e. The molecule has 0 bridgehead atoms. The van der Waals surface area contributed by atoms with Crippen LogP contribution >= 0.6 is 0 Å². The number of benzene rings is 2. The van der Waals surface area contributed by atoms with Crippen LogP contribution in [-0.4, -0.2) is 19.1 Å². The Morgan fingerprint density at radius 3 is 2.42 bits per heavy atom. The average Bonchev–Trinajstić information content (AvgIpc) is 2.42. The van der Waals surface area contributed by atoms with Gasteiger partial charge in [0, 0.05) is 24.8 Å². The molecule has 0 radical (unpaired) electrons. The van der Waals surface area contributed by atoms with E-state index in [-0.39, 0.29) is 0 Å². The molecule has 0 saturated carbocycles. The highest BCUT2D eigenvalue weighted by Crippen LogP contribution is 2.21. The second-order valence-electron chi connectivity index (χ2n) is 4.72. The Labute approximate surface area is 114 Å². The van der Waals surface area contributed by atoms with Crippen molar-refractivity contribution >= 4 is 5.69 Å². The lowest BCUT2D eigenvalue weighted by atomic mass is 10.1. The van der Waals surface area contributed by atoms with Gasteiger partial charge in [-0.3, -0.25) is 4.90 Å². The molecule has 3 nitrogen and oxygen atoms in total. The van der Waals surface area contributed by atoms with Crippen LogP contribution < -0.4 is 10.5 Å². The van der Waals surface area contributed by atoms with E-state index in [1.165, 1.54) is 5.56 Å². The number of hydrogen-bond donors (Lipinski definition) is 1. The molecule has 3 heteroatoms. The van der Waals surface area contributed by atoms with Gasteiger partial charge in [0.25, 0.3) is 0 Å². The van der Waals surface area contributed by atoms with Crippen molar-refractivity contribution in [3.8, 4) is 5.75 Å². The van der Waals surface area contributed by atoms with Gasteiger partial charge in [-0.25, -0.2) is 0 Å². The monoisotopic (exact) mass is 256 g/mol. The number of nitrogen functional groups attached to an aromatic ring is 1. The number of methoxy groups -OCH3 is 1. The first kappa shape index (κ1) is 13.4. The molecule has 0 aliphatic carbocycles. The molecule has 2 rings (SSSR count). The van der Waals surface area contributed by atoms with Crippen molar-refractivity contribution in [2.24, 2.45) is 0 Å². The predicted molar refractivity (Wildman–Crippen MR) is 79.0 cm³/mol. The van der Waals surface area contributed by atoms with E-state index in [1.807, 2.05) is 24.3 Å². The van der Waals surface area contributed by atoms with E-state index in [4.69, 9.17) is 10.5 Å². The molecule has 0 saturated heterocycles. The Morgan fingerprint density at radius 2 is 1.79 bits per heavy atom. The molecule has 0 aromatic heterocycles. The number of hydrogen-bond acceptors (Lipinski definition) is 3. The summed E-state index contributed by atoms with van der Waals surface area (Å²) in [7, 11) is 3.74. The summed E-state index contributed by atoms with van der Waals surface area (Å²) in [5.41, 5.74) is 9.24. The number of rotatable bonds is 5. The van der Waals surface area contributed by atoms with Crippen LogP contribution in [0.3, 0.4) is 0 Å². The Bertz CT molecular complexity index is 526. The van der Waals surface area contributed by atoms with Gasteiger partial charge in [0.05, 0.1) is 7.11 Å². The second-order valence-corrected chi connectivity index (χ2v) is 4.72. The topological polar surface area (TPSA) is 38.5 Å². The molecule has 0 fully saturated rings. The van der Waals surface area contributed by atoms with Crippen molar-refractivity contribution in [2.45, 2.75) is 13.1 Å². The van der Waals surface area contributed by atoms with Crippen molar-refractivity contribution in [2.75, 3.05) is 19.9 Å². The summed E-state index contributed by atoms with van der Waals surface area (Å²) in [5.74, 6) is 0.798. The minimum absolute atomic E-state index is 0.777. The normalized spacial score (nSPS) is 10.7. The Hall–Kier alpha value is -2.00. The first-order valence-electron chi connectivity index (χ1n) is 6.34. The molecule has 0 amide bonds. The largest absolute Gasteiger partial charge is 0.497 e. The standard InChI is InChI=1S/C16H20N2O/c1-18(11-13-6-4-3-5-7-13)12-14-8-9-15(19-2)10-16(14)17/h3-10H,11-12,17H2,1-2H3. The lowest BCUT2D eigenvalue weighted by Gasteiger charge is -2.18. The molecule has 19 heavy (non-hydrogen) atoms. The van der Waals surface area contributed by atoms with E-state index in [1.54, 1.807) is 7.11 Å². The zero-order valence-electron chi connectivity index (χ0n) is 11.5. The molecule has 2 aromatic rings. The van der Waals surface area contributed by atoms with Gasteiger partial charge in [0.15, 0.2) is 0 Å². The van der Waals surface area contributed by atoms with E-state index in [0.717, 1.165) is 30.1 Å². The number of nitrogens with zero attached hydrogens (tertiary/aromatic N) is 1. The first-order chi connectivity index (χ1) is 9.19. The summed E-state index contributed by atoms with van der Waals surface area (Å²) in [6, 6.07) is 16.3. The Balaban J connectivity index is 2.01. The van der Waals surface area contributed by atoms with Crippen LogP contribution in [0.1, 0.15) is 11.1 Å². The zero-order chi connectivity index (χ0) is 13.7. The summed E-state index contributed by atoms with van der Waals surface area (Å²) in [6.07, 6.45) is 0. The van der Waals surface area contributed by atoms with Crippen molar-refractivity contribution in [1.29, 1.82) is 0 Å².